The normalized spacial score (nSPS) is 12.0. The molecule has 0 radical (unpaired) electrons. The fourth-order valence-corrected chi connectivity index (χ4v) is 3.89. The lowest BCUT2D eigenvalue weighted by Crippen LogP contribution is -2.17. The fourth-order valence-electron chi connectivity index (χ4n) is 3.02. The Balaban J connectivity index is 1.70. The van der Waals surface area contributed by atoms with Crippen molar-refractivity contribution in [1.29, 1.82) is 0 Å². The topological polar surface area (TPSA) is 78.3 Å². The summed E-state index contributed by atoms with van der Waals surface area (Å²) < 4.78 is 53.2. The highest BCUT2D eigenvalue weighted by atomic mass is 32.2. The number of hydrogen-bond acceptors (Lipinski definition) is 6. The van der Waals surface area contributed by atoms with E-state index in [2.05, 4.69) is 15.5 Å². The number of halogens is 3. The summed E-state index contributed by atoms with van der Waals surface area (Å²) in [6.45, 7) is 5.70. The van der Waals surface area contributed by atoms with E-state index in [0.717, 1.165) is 23.9 Å². The van der Waals surface area contributed by atoms with Crippen LogP contribution in [0.5, 0.6) is 11.5 Å². The minimum Gasteiger partial charge on any atom is -0.497 e. The quantitative estimate of drug-likeness (QED) is 0.337. The van der Waals surface area contributed by atoms with Crippen molar-refractivity contribution in [3.8, 4) is 11.5 Å². The number of anilines is 1. The van der Waals surface area contributed by atoms with Crippen molar-refractivity contribution in [3.05, 3.63) is 59.7 Å². The highest BCUT2D eigenvalue weighted by Gasteiger charge is 2.23. The molecule has 0 saturated carbocycles. The van der Waals surface area contributed by atoms with Gasteiger partial charge in [-0.3, -0.25) is 4.79 Å². The van der Waals surface area contributed by atoms with E-state index < -0.39 is 35.2 Å². The number of amides is 1. The Morgan fingerprint density at radius 1 is 1.09 bits per heavy atom. The minimum atomic E-state index is -1.64. The number of methoxy groups -OCH3 is 1. The number of carbonyl (C=O) groups is 1. The molecule has 0 fully saturated rings. The molecule has 1 aromatic heterocycles. The summed E-state index contributed by atoms with van der Waals surface area (Å²) in [6, 6.07) is 8.83. The number of nitrogens with zero attached hydrogens (tertiary/aromatic N) is 3. The molecule has 3 aromatic rings. The zero-order valence-corrected chi connectivity index (χ0v) is 19.3. The van der Waals surface area contributed by atoms with E-state index in [1.54, 1.807) is 25.3 Å². The van der Waals surface area contributed by atoms with Crippen molar-refractivity contribution in [2.24, 2.45) is 0 Å². The lowest BCUT2D eigenvalue weighted by molar-refractivity contribution is -0.113. The van der Waals surface area contributed by atoms with Gasteiger partial charge in [0.1, 0.15) is 11.5 Å². The number of rotatable bonds is 9. The molecular formula is C22H23F3N4O3S. The molecule has 1 atom stereocenters. The van der Waals surface area contributed by atoms with Gasteiger partial charge in [0.15, 0.2) is 34.5 Å². The highest BCUT2D eigenvalue weighted by molar-refractivity contribution is 7.99. The summed E-state index contributed by atoms with van der Waals surface area (Å²) in [5.41, 5.74) is -0.439. The van der Waals surface area contributed by atoms with Gasteiger partial charge in [-0.15, -0.1) is 10.2 Å². The van der Waals surface area contributed by atoms with Crippen LogP contribution in [0.1, 0.15) is 38.7 Å². The third-order valence-corrected chi connectivity index (χ3v) is 5.51. The first-order valence-corrected chi connectivity index (χ1v) is 11.0. The van der Waals surface area contributed by atoms with Crippen molar-refractivity contribution in [1.82, 2.24) is 14.8 Å². The number of hydrogen-bond donors (Lipinski definition) is 1. The summed E-state index contributed by atoms with van der Waals surface area (Å²) in [7, 11) is 1.57. The Bertz CT molecular complexity index is 1140. The summed E-state index contributed by atoms with van der Waals surface area (Å²) in [6.07, 6.45) is -0.452. The van der Waals surface area contributed by atoms with Crippen LogP contribution >= 0.6 is 11.8 Å². The molecule has 11 heteroatoms. The van der Waals surface area contributed by atoms with Gasteiger partial charge in [0.2, 0.25) is 5.91 Å². The third kappa shape index (κ3) is 5.78. The van der Waals surface area contributed by atoms with E-state index in [1.807, 2.05) is 31.4 Å². The SMILES string of the molecule is COc1cccc(OC(C)c2nnc(SCC(=O)Nc3ccc(F)c(F)c3F)n2C(C)C)c1. The molecule has 0 spiro atoms. The van der Waals surface area contributed by atoms with E-state index in [0.29, 0.717) is 22.5 Å². The molecule has 7 nitrogen and oxygen atoms in total. The molecule has 0 aliphatic rings. The van der Waals surface area contributed by atoms with Crippen molar-refractivity contribution in [2.45, 2.75) is 38.1 Å². The molecule has 2 aromatic carbocycles. The maximum Gasteiger partial charge on any atom is 0.234 e. The van der Waals surface area contributed by atoms with Gasteiger partial charge in [-0.25, -0.2) is 13.2 Å². The fraction of sp³-hybridized carbons (Fsp3) is 0.318. The molecule has 1 N–H and O–H groups in total. The Labute approximate surface area is 193 Å². The molecule has 1 unspecified atom stereocenters. The number of aromatic nitrogens is 3. The average molecular weight is 481 g/mol. The Morgan fingerprint density at radius 3 is 2.52 bits per heavy atom. The zero-order valence-electron chi connectivity index (χ0n) is 18.4. The molecule has 0 aliphatic heterocycles. The zero-order chi connectivity index (χ0) is 24.1. The smallest absolute Gasteiger partial charge is 0.234 e. The van der Waals surface area contributed by atoms with Gasteiger partial charge in [0.05, 0.1) is 18.6 Å². The first-order chi connectivity index (χ1) is 15.7. The van der Waals surface area contributed by atoms with Gasteiger partial charge in [0.25, 0.3) is 0 Å². The molecule has 0 saturated heterocycles. The lowest BCUT2D eigenvalue weighted by Gasteiger charge is -2.19. The Morgan fingerprint density at radius 2 is 1.82 bits per heavy atom. The van der Waals surface area contributed by atoms with Crippen molar-refractivity contribution >= 4 is 23.4 Å². The molecular weight excluding hydrogens is 457 g/mol. The lowest BCUT2D eigenvalue weighted by atomic mass is 10.3. The third-order valence-electron chi connectivity index (χ3n) is 4.57. The van der Waals surface area contributed by atoms with Gasteiger partial charge in [-0.05, 0) is 45.0 Å². The molecule has 3 rings (SSSR count). The Kier molecular flexibility index (Phi) is 7.85. The van der Waals surface area contributed by atoms with E-state index in [1.165, 1.54) is 0 Å². The molecule has 1 heterocycles. The van der Waals surface area contributed by atoms with Gasteiger partial charge in [-0.2, -0.15) is 0 Å². The maximum atomic E-state index is 13.8. The maximum absolute atomic E-state index is 13.8. The van der Waals surface area contributed by atoms with Crippen LogP contribution in [0.15, 0.2) is 41.6 Å². The minimum absolute atomic E-state index is 0.0411. The second-order valence-corrected chi connectivity index (χ2v) is 8.25. The Hall–Kier alpha value is -3.21. The molecule has 176 valence electrons. The summed E-state index contributed by atoms with van der Waals surface area (Å²) in [4.78, 5) is 12.2. The number of carbonyl (C=O) groups excluding carboxylic acids is 1. The summed E-state index contributed by atoms with van der Waals surface area (Å²) >= 11 is 1.08. The first-order valence-electron chi connectivity index (χ1n) is 10.0. The van der Waals surface area contributed by atoms with Gasteiger partial charge >= 0.3 is 0 Å². The molecule has 33 heavy (non-hydrogen) atoms. The summed E-state index contributed by atoms with van der Waals surface area (Å²) in [5, 5.41) is 11.1. The second kappa shape index (κ2) is 10.6. The first kappa shape index (κ1) is 24.4. The van der Waals surface area contributed by atoms with Crippen LogP contribution in [0.2, 0.25) is 0 Å². The van der Waals surface area contributed by atoms with Crippen LogP contribution in [0.4, 0.5) is 18.9 Å². The average Bonchev–Trinajstić information content (AvgIpc) is 3.23. The van der Waals surface area contributed by atoms with E-state index >= 15 is 0 Å². The van der Waals surface area contributed by atoms with Gasteiger partial charge in [0, 0.05) is 12.1 Å². The van der Waals surface area contributed by atoms with E-state index in [-0.39, 0.29) is 11.8 Å². The van der Waals surface area contributed by atoms with Crippen molar-refractivity contribution in [2.75, 3.05) is 18.2 Å². The number of thioether (sulfide) groups is 1. The van der Waals surface area contributed by atoms with Crippen LogP contribution < -0.4 is 14.8 Å². The van der Waals surface area contributed by atoms with Crippen LogP contribution in [0.3, 0.4) is 0 Å². The monoisotopic (exact) mass is 480 g/mol. The predicted molar refractivity (Wildman–Crippen MR) is 118 cm³/mol. The molecule has 0 bridgehead atoms. The second-order valence-electron chi connectivity index (χ2n) is 7.30. The predicted octanol–water partition coefficient (Wildman–Crippen LogP) is 5.16. The van der Waals surface area contributed by atoms with Crippen LogP contribution in [0.25, 0.3) is 0 Å². The van der Waals surface area contributed by atoms with Crippen LogP contribution in [-0.2, 0) is 4.79 Å². The van der Waals surface area contributed by atoms with Crippen LogP contribution in [0, 0.1) is 17.5 Å². The number of benzene rings is 2. The summed E-state index contributed by atoms with van der Waals surface area (Å²) in [5.74, 6) is -3.37. The van der Waals surface area contributed by atoms with Crippen LogP contribution in [-0.4, -0.2) is 33.5 Å². The van der Waals surface area contributed by atoms with Crippen molar-refractivity contribution in [3.63, 3.8) is 0 Å². The molecule has 1 amide bonds. The molecule has 0 aliphatic carbocycles. The number of ether oxygens (including phenoxy) is 2. The largest absolute Gasteiger partial charge is 0.497 e. The van der Waals surface area contributed by atoms with Crippen molar-refractivity contribution < 1.29 is 27.4 Å². The van der Waals surface area contributed by atoms with Gasteiger partial charge < -0.3 is 19.4 Å². The van der Waals surface area contributed by atoms with Gasteiger partial charge in [-0.1, -0.05) is 17.8 Å². The van der Waals surface area contributed by atoms with E-state index in [9.17, 15) is 18.0 Å². The standard InChI is InChI=1S/C22H23F3N4O3S/c1-12(2)29-21(13(3)32-15-7-5-6-14(10-15)31-4)27-28-22(29)33-11-18(30)26-17-9-8-16(23)19(24)20(17)25/h5-10,12-13H,11H2,1-4H3,(H,26,30). The number of nitrogens with one attached hydrogen (secondary N) is 1. The van der Waals surface area contributed by atoms with E-state index in [4.69, 9.17) is 9.47 Å². The highest BCUT2D eigenvalue weighted by Crippen LogP contribution is 2.29.